The van der Waals surface area contributed by atoms with Crippen molar-refractivity contribution >= 4 is 11.8 Å². The number of nitrogens with zero attached hydrogens (tertiary/aromatic N) is 3. The summed E-state index contributed by atoms with van der Waals surface area (Å²) in [7, 11) is 1.61. The lowest BCUT2D eigenvalue weighted by molar-refractivity contribution is -0.130. The van der Waals surface area contributed by atoms with E-state index in [0.29, 0.717) is 56.1 Å². The van der Waals surface area contributed by atoms with Crippen LogP contribution < -0.4 is 10.3 Å². The summed E-state index contributed by atoms with van der Waals surface area (Å²) in [6.07, 6.45) is 1.58. The zero-order valence-electron chi connectivity index (χ0n) is 17.3. The number of aromatic amines is 1. The molecule has 0 spiro atoms. The molecule has 30 heavy (non-hydrogen) atoms. The fourth-order valence-electron chi connectivity index (χ4n) is 4.20. The van der Waals surface area contributed by atoms with Crippen molar-refractivity contribution in [3.05, 3.63) is 57.3 Å². The van der Waals surface area contributed by atoms with Crippen molar-refractivity contribution in [1.29, 1.82) is 0 Å². The maximum Gasteiger partial charge on any atom is 0.254 e. The van der Waals surface area contributed by atoms with Crippen molar-refractivity contribution in [3.63, 3.8) is 0 Å². The van der Waals surface area contributed by atoms with E-state index in [4.69, 9.17) is 4.74 Å². The third-order valence-electron chi connectivity index (χ3n) is 5.95. The van der Waals surface area contributed by atoms with Gasteiger partial charge in [-0.3, -0.25) is 14.4 Å². The van der Waals surface area contributed by atoms with Crippen molar-refractivity contribution in [2.24, 2.45) is 0 Å². The van der Waals surface area contributed by atoms with Gasteiger partial charge in [0.2, 0.25) is 11.8 Å². The molecular formula is C22H26N4O4. The molecule has 0 saturated carbocycles. The first-order chi connectivity index (χ1) is 14.4. The van der Waals surface area contributed by atoms with E-state index in [9.17, 15) is 14.4 Å². The van der Waals surface area contributed by atoms with Gasteiger partial charge in [-0.2, -0.15) is 0 Å². The van der Waals surface area contributed by atoms with Crippen LogP contribution in [0, 0.1) is 0 Å². The van der Waals surface area contributed by atoms with Gasteiger partial charge in [-0.25, -0.2) is 4.98 Å². The van der Waals surface area contributed by atoms with E-state index in [1.54, 1.807) is 12.0 Å². The first kappa shape index (κ1) is 20.1. The Hall–Kier alpha value is -3.16. The van der Waals surface area contributed by atoms with Gasteiger partial charge in [0.05, 0.1) is 25.8 Å². The molecule has 8 heteroatoms. The number of benzene rings is 1. The van der Waals surface area contributed by atoms with Crippen LogP contribution in [-0.2, 0) is 29.0 Å². The van der Waals surface area contributed by atoms with Crippen LogP contribution in [0.15, 0.2) is 29.1 Å². The molecule has 3 heterocycles. The molecule has 1 aromatic carbocycles. The number of H-pyrrole nitrogens is 1. The molecule has 1 saturated heterocycles. The zero-order valence-corrected chi connectivity index (χ0v) is 17.3. The highest BCUT2D eigenvalue weighted by Crippen LogP contribution is 2.26. The Morgan fingerprint density at radius 3 is 2.87 bits per heavy atom. The van der Waals surface area contributed by atoms with E-state index in [-0.39, 0.29) is 23.3 Å². The summed E-state index contributed by atoms with van der Waals surface area (Å²) in [5, 5.41) is 0. The Kier molecular flexibility index (Phi) is 5.57. The predicted molar refractivity (Wildman–Crippen MR) is 110 cm³/mol. The first-order valence-electron chi connectivity index (χ1n) is 10.2. The topological polar surface area (TPSA) is 95.6 Å². The summed E-state index contributed by atoms with van der Waals surface area (Å²) in [6.45, 7) is 3.60. The lowest BCUT2D eigenvalue weighted by atomic mass is 10.0. The largest absolute Gasteiger partial charge is 0.497 e. The summed E-state index contributed by atoms with van der Waals surface area (Å²) < 4.78 is 5.22. The van der Waals surface area contributed by atoms with Crippen molar-refractivity contribution in [2.45, 2.75) is 38.6 Å². The van der Waals surface area contributed by atoms with Crippen LogP contribution in [0.2, 0.25) is 0 Å². The standard InChI is InChI=1S/C22H26N4O4/c1-14(27)25-9-7-18-19(13-25)23-21(24-22(18)29)16-6-8-26(12-16)20(28)11-15-4-3-5-17(10-15)30-2/h3-5,10,16H,6-9,11-13H2,1-2H3,(H,23,24,29). The van der Waals surface area contributed by atoms with Crippen LogP contribution in [0.5, 0.6) is 5.75 Å². The number of methoxy groups -OCH3 is 1. The average molecular weight is 410 g/mol. The first-order valence-corrected chi connectivity index (χ1v) is 10.2. The number of carbonyl (C=O) groups excluding carboxylic acids is 2. The Labute approximate surface area is 174 Å². The van der Waals surface area contributed by atoms with E-state index in [0.717, 1.165) is 17.7 Å². The van der Waals surface area contributed by atoms with Gasteiger partial charge in [0, 0.05) is 38.0 Å². The number of rotatable bonds is 4. The van der Waals surface area contributed by atoms with Gasteiger partial charge < -0.3 is 19.5 Å². The summed E-state index contributed by atoms with van der Waals surface area (Å²) >= 11 is 0. The van der Waals surface area contributed by atoms with E-state index in [1.165, 1.54) is 6.92 Å². The Morgan fingerprint density at radius 2 is 2.10 bits per heavy atom. The Bertz CT molecular complexity index is 1030. The monoisotopic (exact) mass is 410 g/mol. The molecule has 8 nitrogen and oxygen atoms in total. The highest BCUT2D eigenvalue weighted by molar-refractivity contribution is 5.79. The second-order valence-electron chi connectivity index (χ2n) is 7.92. The number of amides is 2. The molecule has 0 bridgehead atoms. The minimum Gasteiger partial charge on any atom is -0.497 e. The number of hydrogen-bond donors (Lipinski definition) is 1. The normalized spacial score (nSPS) is 18.3. The molecule has 1 aromatic heterocycles. The second kappa shape index (κ2) is 8.30. The van der Waals surface area contributed by atoms with Crippen molar-refractivity contribution in [3.8, 4) is 5.75 Å². The highest BCUT2D eigenvalue weighted by Gasteiger charge is 2.31. The van der Waals surface area contributed by atoms with Crippen molar-refractivity contribution < 1.29 is 14.3 Å². The van der Waals surface area contributed by atoms with Crippen molar-refractivity contribution in [1.82, 2.24) is 19.8 Å². The van der Waals surface area contributed by atoms with Gasteiger partial charge in [-0.05, 0) is 30.5 Å². The average Bonchev–Trinajstić information content (AvgIpc) is 3.24. The van der Waals surface area contributed by atoms with E-state index in [2.05, 4.69) is 9.97 Å². The second-order valence-corrected chi connectivity index (χ2v) is 7.92. The van der Waals surface area contributed by atoms with Gasteiger partial charge in [-0.15, -0.1) is 0 Å². The van der Waals surface area contributed by atoms with Crippen LogP contribution >= 0.6 is 0 Å². The number of carbonyl (C=O) groups is 2. The number of nitrogens with one attached hydrogen (secondary N) is 1. The van der Waals surface area contributed by atoms with Gasteiger partial charge in [0.15, 0.2) is 0 Å². The number of fused-ring (bicyclic) bond motifs is 1. The summed E-state index contributed by atoms with van der Waals surface area (Å²) in [5.41, 5.74) is 2.13. The van der Waals surface area contributed by atoms with Gasteiger partial charge in [0.25, 0.3) is 5.56 Å². The van der Waals surface area contributed by atoms with E-state index < -0.39 is 0 Å². The van der Waals surface area contributed by atoms with Gasteiger partial charge in [-0.1, -0.05) is 12.1 Å². The quantitative estimate of drug-likeness (QED) is 0.818. The fourth-order valence-corrected chi connectivity index (χ4v) is 4.20. The lowest BCUT2D eigenvalue weighted by Gasteiger charge is -2.27. The van der Waals surface area contributed by atoms with E-state index in [1.807, 2.05) is 29.2 Å². The third kappa shape index (κ3) is 4.08. The van der Waals surface area contributed by atoms with Crippen LogP contribution in [0.3, 0.4) is 0 Å². The summed E-state index contributed by atoms with van der Waals surface area (Å²) in [4.78, 5) is 48.1. The molecule has 2 aliphatic rings. The molecule has 1 fully saturated rings. The lowest BCUT2D eigenvalue weighted by Crippen LogP contribution is -2.38. The number of aromatic nitrogens is 2. The minimum atomic E-state index is -0.126. The predicted octanol–water partition coefficient (Wildman–Crippen LogP) is 1.24. The van der Waals surface area contributed by atoms with Crippen LogP contribution in [-0.4, -0.2) is 58.3 Å². The molecule has 0 radical (unpaired) electrons. The van der Waals surface area contributed by atoms with E-state index >= 15 is 0 Å². The number of hydrogen-bond acceptors (Lipinski definition) is 5. The molecule has 0 aliphatic carbocycles. The zero-order chi connectivity index (χ0) is 21.3. The Morgan fingerprint density at radius 1 is 1.27 bits per heavy atom. The molecule has 158 valence electrons. The molecule has 1 atom stereocenters. The molecule has 2 aromatic rings. The third-order valence-corrected chi connectivity index (χ3v) is 5.95. The molecular weight excluding hydrogens is 384 g/mol. The molecule has 1 unspecified atom stereocenters. The molecule has 2 amide bonds. The smallest absolute Gasteiger partial charge is 0.254 e. The van der Waals surface area contributed by atoms with Gasteiger partial charge in [0.1, 0.15) is 11.6 Å². The SMILES string of the molecule is COc1cccc(CC(=O)N2CCC(c3nc4c(c(=O)[nH]3)CCN(C(C)=O)C4)C2)c1. The molecule has 4 rings (SSSR count). The fraction of sp³-hybridized carbons (Fsp3) is 0.455. The van der Waals surface area contributed by atoms with Crippen LogP contribution in [0.4, 0.5) is 0 Å². The van der Waals surface area contributed by atoms with Gasteiger partial charge >= 0.3 is 0 Å². The van der Waals surface area contributed by atoms with Crippen molar-refractivity contribution in [2.75, 3.05) is 26.7 Å². The highest BCUT2D eigenvalue weighted by atomic mass is 16.5. The van der Waals surface area contributed by atoms with Crippen LogP contribution in [0.25, 0.3) is 0 Å². The molecule has 1 N–H and O–H groups in total. The number of ether oxygens (including phenoxy) is 1. The minimum absolute atomic E-state index is 0.00929. The summed E-state index contributed by atoms with van der Waals surface area (Å²) in [5.74, 6) is 1.37. The summed E-state index contributed by atoms with van der Waals surface area (Å²) in [6, 6.07) is 7.51. The number of likely N-dealkylation sites (tertiary alicyclic amines) is 1. The molecule has 2 aliphatic heterocycles. The maximum absolute atomic E-state index is 12.8. The maximum atomic E-state index is 12.8. The Balaban J connectivity index is 1.46. The van der Waals surface area contributed by atoms with Crippen LogP contribution in [0.1, 0.15) is 41.9 Å².